The van der Waals surface area contributed by atoms with Crippen molar-refractivity contribution in [3.05, 3.63) is 0 Å². The largest absolute Gasteiger partial charge is 0.390 e. The Bertz CT molecular complexity index is 306. The molecule has 3 fully saturated rings. The molecule has 0 amide bonds. The first-order chi connectivity index (χ1) is 8.62. The van der Waals surface area contributed by atoms with Crippen molar-refractivity contribution in [2.75, 3.05) is 18.1 Å². The van der Waals surface area contributed by atoms with Crippen molar-refractivity contribution in [1.29, 1.82) is 0 Å². The van der Waals surface area contributed by atoms with E-state index in [-0.39, 0.29) is 11.6 Å². The molecular formula is C14H25NO2S. The molecule has 0 radical (unpaired) electrons. The van der Waals surface area contributed by atoms with E-state index in [4.69, 9.17) is 10.5 Å². The average molecular weight is 271 g/mol. The Kier molecular flexibility index (Phi) is 3.65. The van der Waals surface area contributed by atoms with Gasteiger partial charge in [0.2, 0.25) is 0 Å². The molecule has 1 aliphatic carbocycles. The molecule has 0 aromatic rings. The van der Waals surface area contributed by atoms with Crippen molar-refractivity contribution in [3.8, 4) is 0 Å². The van der Waals surface area contributed by atoms with E-state index in [1.807, 2.05) is 11.8 Å². The molecule has 2 heterocycles. The van der Waals surface area contributed by atoms with Gasteiger partial charge in [0.15, 0.2) is 0 Å². The highest BCUT2D eigenvalue weighted by Gasteiger charge is 2.48. The predicted molar refractivity (Wildman–Crippen MR) is 74.7 cm³/mol. The van der Waals surface area contributed by atoms with Gasteiger partial charge in [-0.25, -0.2) is 0 Å². The summed E-state index contributed by atoms with van der Waals surface area (Å²) in [6.45, 7) is 0.822. The van der Waals surface area contributed by atoms with E-state index < -0.39 is 5.60 Å². The van der Waals surface area contributed by atoms with Crippen LogP contribution in [0.1, 0.15) is 44.9 Å². The Hall–Kier alpha value is 0.230. The second-order valence-electron chi connectivity index (χ2n) is 6.48. The maximum Gasteiger partial charge on any atom is 0.0784 e. The summed E-state index contributed by atoms with van der Waals surface area (Å²) in [5, 5.41) is 11.0. The van der Waals surface area contributed by atoms with Crippen LogP contribution in [-0.4, -0.2) is 40.5 Å². The van der Waals surface area contributed by atoms with Crippen LogP contribution in [0.2, 0.25) is 0 Å². The van der Waals surface area contributed by atoms with E-state index >= 15 is 0 Å². The minimum atomic E-state index is -0.512. The van der Waals surface area contributed by atoms with Crippen LogP contribution in [-0.2, 0) is 4.74 Å². The lowest BCUT2D eigenvalue weighted by molar-refractivity contribution is -0.143. The van der Waals surface area contributed by atoms with Gasteiger partial charge in [-0.05, 0) is 56.6 Å². The van der Waals surface area contributed by atoms with Crippen LogP contribution < -0.4 is 5.73 Å². The molecule has 4 heteroatoms. The third-order valence-corrected chi connectivity index (χ3v) is 6.34. The van der Waals surface area contributed by atoms with Gasteiger partial charge in [-0.2, -0.15) is 11.8 Å². The number of nitrogens with two attached hydrogens (primary N) is 1. The summed E-state index contributed by atoms with van der Waals surface area (Å²) in [5.41, 5.74) is 5.63. The zero-order valence-electron chi connectivity index (χ0n) is 11.1. The number of ether oxygens (including phenoxy) is 1. The summed E-state index contributed by atoms with van der Waals surface area (Å²) in [6.07, 6.45) is 7.11. The van der Waals surface area contributed by atoms with E-state index in [9.17, 15) is 5.11 Å². The summed E-state index contributed by atoms with van der Waals surface area (Å²) < 4.78 is 6.06. The number of thioether (sulfide) groups is 1. The first-order valence-electron chi connectivity index (χ1n) is 7.32. The molecule has 104 valence electrons. The van der Waals surface area contributed by atoms with Crippen molar-refractivity contribution in [2.45, 2.75) is 62.2 Å². The molecule has 3 rings (SSSR count). The fraction of sp³-hybridized carbons (Fsp3) is 1.00. The standard InChI is InChI=1S/C14H25NO2S/c15-12-2-1-4-14(16,9-12)11-3-6-17-13(8-11)5-7-18-10-13/h11-12,16H,1-10,15H2. The lowest BCUT2D eigenvalue weighted by atomic mass is 9.68. The summed E-state index contributed by atoms with van der Waals surface area (Å²) >= 11 is 2.00. The van der Waals surface area contributed by atoms with E-state index in [0.717, 1.165) is 57.3 Å². The molecule has 2 saturated heterocycles. The second-order valence-corrected chi connectivity index (χ2v) is 7.59. The Morgan fingerprint density at radius 1 is 1.22 bits per heavy atom. The topological polar surface area (TPSA) is 55.5 Å². The Morgan fingerprint density at radius 2 is 2.11 bits per heavy atom. The second kappa shape index (κ2) is 4.97. The highest BCUT2D eigenvalue weighted by Crippen LogP contribution is 2.46. The maximum atomic E-state index is 11.0. The van der Waals surface area contributed by atoms with Crippen LogP contribution in [0.3, 0.4) is 0 Å². The van der Waals surface area contributed by atoms with Gasteiger partial charge < -0.3 is 15.6 Å². The molecule has 3 aliphatic rings. The van der Waals surface area contributed by atoms with Gasteiger partial charge in [-0.15, -0.1) is 0 Å². The maximum absolute atomic E-state index is 11.0. The monoisotopic (exact) mass is 271 g/mol. The van der Waals surface area contributed by atoms with Gasteiger partial charge in [0, 0.05) is 18.4 Å². The van der Waals surface area contributed by atoms with Gasteiger partial charge in [0.05, 0.1) is 11.2 Å². The molecule has 2 aliphatic heterocycles. The fourth-order valence-corrected chi connectivity index (χ4v) is 5.43. The van der Waals surface area contributed by atoms with Crippen molar-refractivity contribution >= 4 is 11.8 Å². The third kappa shape index (κ3) is 2.45. The quantitative estimate of drug-likeness (QED) is 0.765. The zero-order valence-corrected chi connectivity index (χ0v) is 11.9. The van der Waals surface area contributed by atoms with Gasteiger partial charge >= 0.3 is 0 Å². The molecule has 0 aromatic heterocycles. The molecular weight excluding hydrogens is 246 g/mol. The van der Waals surface area contributed by atoms with Crippen LogP contribution in [0, 0.1) is 5.92 Å². The summed E-state index contributed by atoms with van der Waals surface area (Å²) in [4.78, 5) is 0. The number of aliphatic hydroxyl groups is 1. The minimum Gasteiger partial charge on any atom is -0.390 e. The third-order valence-electron chi connectivity index (χ3n) is 5.12. The first-order valence-corrected chi connectivity index (χ1v) is 8.47. The molecule has 1 saturated carbocycles. The fourth-order valence-electron chi connectivity index (χ4n) is 4.05. The summed E-state index contributed by atoms with van der Waals surface area (Å²) in [6, 6.07) is 0.195. The van der Waals surface area contributed by atoms with Gasteiger partial charge in [0.25, 0.3) is 0 Å². The predicted octanol–water partition coefficient (Wildman–Crippen LogP) is 1.92. The number of rotatable bonds is 1. The first kappa shape index (κ1) is 13.2. The van der Waals surface area contributed by atoms with E-state index in [1.54, 1.807) is 0 Å². The lowest BCUT2D eigenvalue weighted by Gasteiger charge is -2.47. The average Bonchev–Trinajstić information content (AvgIpc) is 2.77. The lowest BCUT2D eigenvalue weighted by Crippen LogP contribution is -2.52. The normalized spacial score (nSPS) is 49.7. The smallest absolute Gasteiger partial charge is 0.0784 e. The molecule has 4 atom stereocenters. The van der Waals surface area contributed by atoms with Gasteiger partial charge in [-0.1, -0.05) is 0 Å². The van der Waals surface area contributed by atoms with Crippen LogP contribution >= 0.6 is 11.8 Å². The van der Waals surface area contributed by atoms with Crippen molar-refractivity contribution in [3.63, 3.8) is 0 Å². The molecule has 3 N–H and O–H groups in total. The number of hydrogen-bond acceptors (Lipinski definition) is 4. The summed E-state index contributed by atoms with van der Waals surface area (Å²) in [5.74, 6) is 2.73. The van der Waals surface area contributed by atoms with E-state index in [2.05, 4.69) is 0 Å². The Labute approximate surface area is 114 Å². The molecule has 0 aromatic carbocycles. The Morgan fingerprint density at radius 3 is 2.83 bits per heavy atom. The number of hydrogen-bond donors (Lipinski definition) is 2. The summed E-state index contributed by atoms with van der Waals surface area (Å²) in [7, 11) is 0. The minimum absolute atomic E-state index is 0.0743. The van der Waals surface area contributed by atoms with Crippen molar-refractivity contribution < 1.29 is 9.84 Å². The molecule has 1 spiro atoms. The van der Waals surface area contributed by atoms with Crippen LogP contribution in [0.25, 0.3) is 0 Å². The highest BCUT2D eigenvalue weighted by molar-refractivity contribution is 7.99. The van der Waals surface area contributed by atoms with Crippen LogP contribution in [0.4, 0.5) is 0 Å². The van der Waals surface area contributed by atoms with E-state index in [1.165, 1.54) is 5.75 Å². The van der Waals surface area contributed by atoms with Crippen LogP contribution in [0.15, 0.2) is 0 Å². The molecule has 18 heavy (non-hydrogen) atoms. The van der Waals surface area contributed by atoms with Crippen LogP contribution in [0.5, 0.6) is 0 Å². The Balaban J connectivity index is 1.71. The van der Waals surface area contributed by atoms with Crippen molar-refractivity contribution in [2.24, 2.45) is 11.7 Å². The van der Waals surface area contributed by atoms with Gasteiger partial charge in [-0.3, -0.25) is 0 Å². The zero-order chi connectivity index (χ0) is 12.6. The molecule has 3 nitrogen and oxygen atoms in total. The highest BCUT2D eigenvalue weighted by atomic mass is 32.2. The molecule has 4 unspecified atom stereocenters. The van der Waals surface area contributed by atoms with Crippen molar-refractivity contribution in [1.82, 2.24) is 0 Å². The molecule has 0 bridgehead atoms. The SMILES string of the molecule is NC1CCCC(O)(C2CCOC3(CCSC3)C2)C1. The van der Waals surface area contributed by atoms with Gasteiger partial charge in [0.1, 0.15) is 0 Å². The van der Waals surface area contributed by atoms with E-state index in [0.29, 0.717) is 5.92 Å².